The number of hydrogen-bond donors (Lipinski definition) is 2. The van der Waals surface area contributed by atoms with Gasteiger partial charge in [-0.3, -0.25) is 9.88 Å². The van der Waals surface area contributed by atoms with Crippen LogP contribution in [0.1, 0.15) is 38.5 Å². The molecule has 8 heteroatoms. The number of benzene rings is 2. The van der Waals surface area contributed by atoms with Crippen LogP contribution in [0.5, 0.6) is 11.8 Å². The molecule has 2 atom stereocenters. The maximum absolute atomic E-state index is 10.5. The molecule has 2 bridgehead atoms. The average Bonchev–Trinajstić information content (AvgIpc) is 3.64. The van der Waals surface area contributed by atoms with Crippen LogP contribution in [0.3, 0.4) is 0 Å². The molecule has 39 heavy (non-hydrogen) atoms. The SMILES string of the molecule is Oc1cc(-c2cnc3c(N4C[C@H]5CC[C@@H](C4)N5)nc(OCC45CCCN4CCC5)nc3c2)c2ccccc2c1. The van der Waals surface area contributed by atoms with Gasteiger partial charge in [-0.25, -0.2) is 0 Å². The number of phenolic OH excluding ortho intramolecular Hbond substituents is 1. The van der Waals surface area contributed by atoms with Crippen molar-refractivity contribution in [2.45, 2.75) is 56.1 Å². The predicted molar refractivity (Wildman–Crippen MR) is 152 cm³/mol. The first-order valence-electron chi connectivity index (χ1n) is 14.4. The van der Waals surface area contributed by atoms with E-state index in [4.69, 9.17) is 19.7 Å². The molecule has 2 aromatic carbocycles. The van der Waals surface area contributed by atoms with Gasteiger partial charge in [-0.15, -0.1) is 0 Å². The van der Waals surface area contributed by atoms with Crippen molar-refractivity contribution in [1.82, 2.24) is 25.2 Å². The second kappa shape index (κ2) is 9.03. The lowest BCUT2D eigenvalue weighted by atomic mass is 9.95. The monoisotopic (exact) mass is 522 g/mol. The van der Waals surface area contributed by atoms with E-state index in [2.05, 4.69) is 27.2 Å². The molecular weight excluding hydrogens is 488 g/mol. The Labute approximate surface area is 228 Å². The van der Waals surface area contributed by atoms with Gasteiger partial charge in [0, 0.05) is 36.9 Å². The highest BCUT2D eigenvalue weighted by atomic mass is 16.5. The Balaban J connectivity index is 1.22. The fourth-order valence-electron chi connectivity index (χ4n) is 7.58. The van der Waals surface area contributed by atoms with Crippen LogP contribution in [-0.2, 0) is 0 Å². The van der Waals surface area contributed by atoms with Crippen molar-refractivity contribution in [3.05, 3.63) is 48.7 Å². The predicted octanol–water partition coefficient (Wildman–Crippen LogP) is 4.50. The van der Waals surface area contributed by atoms with E-state index in [0.29, 0.717) is 24.7 Å². The van der Waals surface area contributed by atoms with Gasteiger partial charge in [0.25, 0.3) is 0 Å². The largest absolute Gasteiger partial charge is 0.508 e. The number of phenols is 1. The number of nitrogens with one attached hydrogen (secondary N) is 1. The Morgan fingerprint density at radius 2 is 1.79 bits per heavy atom. The fourth-order valence-corrected chi connectivity index (χ4v) is 7.58. The van der Waals surface area contributed by atoms with Crippen molar-refractivity contribution in [1.29, 1.82) is 0 Å². The van der Waals surface area contributed by atoms with Crippen LogP contribution in [0.15, 0.2) is 48.7 Å². The molecule has 0 radical (unpaired) electrons. The molecule has 0 saturated carbocycles. The molecule has 0 amide bonds. The third-order valence-corrected chi connectivity index (χ3v) is 9.45. The number of hydrogen-bond acceptors (Lipinski definition) is 8. The van der Waals surface area contributed by atoms with Crippen LogP contribution < -0.4 is 15.0 Å². The zero-order valence-corrected chi connectivity index (χ0v) is 22.1. The summed E-state index contributed by atoms with van der Waals surface area (Å²) in [4.78, 5) is 19.9. The van der Waals surface area contributed by atoms with Gasteiger partial charge in [-0.1, -0.05) is 24.3 Å². The molecule has 4 saturated heterocycles. The lowest BCUT2D eigenvalue weighted by molar-refractivity contribution is 0.108. The number of rotatable bonds is 5. The van der Waals surface area contributed by atoms with Gasteiger partial charge in [0.05, 0.1) is 11.1 Å². The summed E-state index contributed by atoms with van der Waals surface area (Å²) in [5.74, 6) is 1.11. The molecule has 4 aliphatic rings. The molecular formula is C31H34N6O2. The average molecular weight is 523 g/mol. The number of anilines is 1. The summed E-state index contributed by atoms with van der Waals surface area (Å²) >= 11 is 0. The molecule has 8 nitrogen and oxygen atoms in total. The van der Waals surface area contributed by atoms with Gasteiger partial charge in [0.15, 0.2) is 5.82 Å². The van der Waals surface area contributed by atoms with E-state index in [1.807, 2.05) is 30.5 Å². The van der Waals surface area contributed by atoms with Gasteiger partial charge in [-0.2, -0.15) is 9.97 Å². The second-order valence-electron chi connectivity index (χ2n) is 11.9. The first-order valence-corrected chi connectivity index (χ1v) is 14.4. The molecule has 4 aliphatic heterocycles. The van der Waals surface area contributed by atoms with E-state index in [1.54, 1.807) is 6.07 Å². The van der Waals surface area contributed by atoms with E-state index in [0.717, 1.165) is 51.8 Å². The van der Waals surface area contributed by atoms with Gasteiger partial charge in [0.2, 0.25) is 0 Å². The first kappa shape index (κ1) is 23.4. The minimum absolute atomic E-state index is 0.132. The summed E-state index contributed by atoms with van der Waals surface area (Å²) in [5, 5.41) is 16.3. The Morgan fingerprint density at radius 1 is 1.00 bits per heavy atom. The number of pyridine rings is 1. The molecule has 6 heterocycles. The Bertz CT molecular complexity index is 1550. The van der Waals surface area contributed by atoms with E-state index < -0.39 is 0 Å². The zero-order chi connectivity index (χ0) is 26.0. The molecule has 0 unspecified atom stereocenters. The highest BCUT2D eigenvalue weighted by molar-refractivity contribution is 5.99. The van der Waals surface area contributed by atoms with E-state index in [-0.39, 0.29) is 11.3 Å². The standard InChI is InChI=1S/C31H34N6O2/c38-24-13-20-5-1-2-6-25(20)26(15-24)21-14-27-28(32-16-21)29(36-17-22-7-8-23(18-36)33-22)35-30(34-27)39-19-31-9-3-11-37(31)12-4-10-31/h1-2,5-6,13-16,22-23,33,38H,3-4,7-12,17-19H2/t22-,23+. The summed E-state index contributed by atoms with van der Waals surface area (Å²) < 4.78 is 6.46. The van der Waals surface area contributed by atoms with Gasteiger partial charge in [0.1, 0.15) is 17.9 Å². The van der Waals surface area contributed by atoms with Crippen molar-refractivity contribution < 1.29 is 9.84 Å². The Kier molecular flexibility index (Phi) is 5.42. The van der Waals surface area contributed by atoms with E-state index in [9.17, 15) is 5.11 Å². The highest BCUT2D eigenvalue weighted by Gasteiger charge is 2.45. The van der Waals surface area contributed by atoms with Crippen LogP contribution in [0, 0.1) is 0 Å². The van der Waals surface area contributed by atoms with Crippen molar-refractivity contribution in [2.24, 2.45) is 0 Å². The second-order valence-corrected chi connectivity index (χ2v) is 11.9. The topological polar surface area (TPSA) is 86.6 Å². The van der Waals surface area contributed by atoms with Crippen LogP contribution in [0.25, 0.3) is 32.9 Å². The van der Waals surface area contributed by atoms with Crippen LogP contribution in [-0.4, -0.2) is 75.4 Å². The summed E-state index contributed by atoms with van der Waals surface area (Å²) in [5.41, 5.74) is 3.57. The third-order valence-electron chi connectivity index (χ3n) is 9.45. The van der Waals surface area contributed by atoms with Crippen LogP contribution >= 0.6 is 0 Å². The molecule has 4 aromatic rings. The number of aromatic nitrogens is 3. The maximum Gasteiger partial charge on any atom is 0.319 e. The number of fused-ring (bicyclic) bond motifs is 5. The summed E-state index contributed by atoms with van der Waals surface area (Å²) in [6.45, 7) is 4.81. The van der Waals surface area contributed by atoms with Crippen molar-refractivity contribution >= 4 is 27.6 Å². The Hall–Kier alpha value is -3.49. The van der Waals surface area contributed by atoms with E-state index >= 15 is 0 Å². The lowest BCUT2D eigenvalue weighted by Gasteiger charge is -2.34. The molecule has 2 N–H and O–H groups in total. The van der Waals surface area contributed by atoms with Crippen molar-refractivity contribution in [3.8, 4) is 22.9 Å². The summed E-state index contributed by atoms with van der Waals surface area (Å²) in [6, 6.07) is 15.2. The smallest absolute Gasteiger partial charge is 0.319 e. The van der Waals surface area contributed by atoms with Gasteiger partial charge < -0.3 is 20.1 Å². The Morgan fingerprint density at radius 3 is 2.62 bits per heavy atom. The van der Waals surface area contributed by atoms with Gasteiger partial charge in [-0.05, 0) is 86.1 Å². The fraction of sp³-hybridized carbons (Fsp3) is 0.452. The number of aromatic hydroxyl groups is 1. The van der Waals surface area contributed by atoms with Gasteiger partial charge >= 0.3 is 6.01 Å². The minimum atomic E-state index is 0.132. The molecule has 0 aliphatic carbocycles. The number of piperazine rings is 1. The molecule has 4 fully saturated rings. The molecule has 0 spiro atoms. The highest BCUT2D eigenvalue weighted by Crippen LogP contribution is 2.40. The lowest BCUT2D eigenvalue weighted by Crippen LogP contribution is -2.51. The first-order chi connectivity index (χ1) is 19.1. The van der Waals surface area contributed by atoms with Crippen molar-refractivity contribution in [3.63, 3.8) is 0 Å². The number of ether oxygens (including phenoxy) is 1. The summed E-state index contributed by atoms with van der Waals surface area (Å²) in [7, 11) is 0. The van der Waals surface area contributed by atoms with E-state index in [1.165, 1.54) is 51.6 Å². The molecule has 8 rings (SSSR count). The zero-order valence-electron chi connectivity index (χ0n) is 22.1. The normalized spacial score (nSPS) is 24.1. The minimum Gasteiger partial charge on any atom is -0.508 e. The number of nitrogens with zero attached hydrogens (tertiary/aromatic N) is 5. The molecule has 200 valence electrons. The van der Waals surface area contributed by atoms with Crippen molar-refractivity contribution in [2.75, 3.05) is 37.7 Å². The third kappa shape index (κ3) is 4.00. The summed E-state index contributed by atoms with van der Waals surface area (Å²) in [6.07, 6.45) is 9.14. The molecule has 2 aromatic heterocycles. The quantitative estimate of drug-likeness (QED) is 0.396. The van der Waals surface area contributed by atoms with Crippen LogP contribution in [0.4, 0.5) is 5.82 Å². The van der Waals surface area contributed by atoms with Crippen LogP contribution in [0.2, 0.25) is 0 Å². The maximum atomic E-state index is 10.5.